The Morgan fingerprint density at radius 2 is 2.19 bits per heavy atom. The summed E-state index contributed by atoms with van der Waals surface area (Å²) >= 11 is 3.50. The van der Waals surface area contributed by atoms with Gasteiger partial charge in [0, 0.05) is 54.1 Å². The highest BCUT2D eigenvalue weighted by Crippen LogP contribution is 2.20. The molecule has 2 aromatic heterocycles. The number of rotatable bonds is 9. The van der Waals surface area contributed by atoms with Crippen molar-refractivity contribution < 1.29 is 0 Å². The minimum absolute atomic E-state index is 0. The van der Waals surface area contributed by atoms with Crippen LogP contribution in [0.3, 0.4) is 0 Å². The first-order valence-corrected chi connectivity index (χ1v) is 10.8. The zero-order valence-electron chi connectivity index (χ0n) is 15.4. The molecule has 0 radical (unpaired) electrons. The second-order valence-electron chi connectivity index (χ2n) is 5.80. The molecule has 0 spiro atoms. The maximum Gasteiger partial charge on any atom is 0.191 e. The number of benzene rings is 1. The summed E-state index contributed by atoms with van der Waals surface area (Å²) in [5, 5.41) is 10.1. The van der Waals surface area contributed by atoms with Crippen LogP contribution >= 0.6 is 47.1 Å². The van der Waals surface area contributed by atoms with E-state index in [4.69, 9.17) is 0 Å². The summed E-state index contributed by atoms with van der Waals surface area (Å²) in [7, 11) is 0. The second-order valence-corrected chi connectivity index (χ2v) is 8.03. The third-order valence-corrected chi connectivity index (χ3v) is 5.97. The van der Waals surface area contributed by atoms with Gasteiger partial charge in [-0.1, -0.05) is 30.0 Å². The van der Waals surface area contributed by atoms with Gasteiger partial charge in [-0.15, -0.1) is 35.3 Å². The van der Waals surface area contributed by atoms with Crippen LogP contribution < -0.4 is 10.6 Å². The SMILES string of the molecule is CCNC(=NCCCSc1nccs1)NCCc1c[nH]c2ccccc12.I. The van der Waals surface area contributed by atoms with E-state index in [1.807, 2.05) is 11.6 Å². The number of hydrogen-bond acceptors (Lipinski definition) is 4. The Morgan fingerprint density at radius 3 is 3.00 bits per heavy atom. The van der Waals surface area contributed by atoms with Crippen LogP contribution in [0, 0.1) is 0 Å². The van der Waals surface area contributed by atoms with Crippen LogP contribution in [0.5, 0.6) is 0 Å². The molecule has 27 heavy (non-hydrogen) atoms. The molecule has 2 heterocycles. The minimum atomic E-state index is 0. The quantitative estimate of drug-likeness (QED) is 0.129. The molecule has 0 aliphatic rings. The van der Waals surface area contributed by atoms with Crippen molar-refractivity contribution in [3.8, 4) is 0 Å². The molecular formula is C19H26IN5S2. The van der Waals surface area contributed by atoms with Gasteiger partial charge in [0.05, 0.1) is 0 Å². The Balaban J connectivity index is 0.00000261. The van der Waals surface area contributed by atoms with E-state index < -0.39 is 0 Å². The lowest BCUT2D eigenvalue weighted by Crippen LogP contribution is -2.38. The molecule has 5 nitrogen and oxygen atoms in total. The number of aromatic nitrogens is 2. The smallest absolute Gasteiger partial charge is 0.191 e. The lowest BCUT2D eigenvalue weighted by molar-refractivity contribution is 0.796. The maximum atomic E-state index is 4.67. The molecule has 0 saturated heterocycles. The number of nitrogens with zero attached hydrogens (tertiary/aromatic N) is 2. The van der Waals surface area contributed by atoms with Gasteiger partial charge in [-0.2, -0.15) is 0 Å². The summed E-state index contributed by atoms with van der Waals surface area (Å²) in [5.41, 5.74) is 2.53. The molecule has 0 aliphatic heterocycles. The van der Waals surface area contributed by atoms with Crippen LogP contribution in [0.2, 0.25) is 0 Å². The van der Waals surface area contributed by atoms with Crippen molar-refractivity contribution in [1.82, 2.24) is 20.6 Å². The summed E-state index contributed by atoms with van der Waals surface area (Å²) < 4.78 is 1.14. The molecule has 3 N–H and O–H groups in total. The average molecular weight is 515 g/mol. The Labute approximate surface area is 185 Å². The molecule has 146 valence electrons. The summed E-state index contributed by atoms with van der Waals surface area (Å²) in [6.45, 7) is 4.64. The van der Waals surface area contributed by atoms with E-state index in [2.05, 4.69) is 63.0 Å². The molecule has 0 bridgehead atoms. The molecule has 3 rings (SSSR count). The first-order chi connectivity index (χ1) is 12.9. The van der Waals surface area contributed by atoms with Gasteiger partial charge in [0.25, 0.3) is 0 Å². The van der Waals surface area contributed by atoms with Crippen LogP contribution in [-0.4, -0.2) is 41.3 Å². The van der Waals surface area contributed by atoms with Crippen LogP contribution in [0.25, 0.3) is 10.9 Å². The van der Waals surface area contributed by atoms with E-state index >= 15 is 0 Å². The molecule has 1 aromatic carbocycles. The normalized spacial score (nSPS) is 11.4. The highest BCUT2D eigenvalue weighted by molar-refractivity contribution is 14.0. The number of thiazole rings is 1. The molecule has 0 atom stereocenters. The molecule has 8 heteroatoms. The lowest BCUT2D eigenvalue weighted by atomic mass is 10.1. The lowest BCUT2D eigenvalue weighted by Gasteiger charge is -2.11. The van der Waals surface area contributed by atoms with E-state index in [0.29, 0.717) is 0 Å². The number of halogens is 1. The highest BCUT2D eigenvalue weighted by Gasteiger charge is 2.03. The fourth-order valence-electron chi connectivity index (χ4n) is 2.69. The van der Waals surface area contributed by atoms with Crippen molar-refractivity contribution in [2.75, 3.05) is 25.4 Å². The fourth-order valence-corrected chi connectivity index (χ4v) is 4.32. The van der Waals surface area contributed by atoms with Gasteiger partial charge in [0.15, 0.2) is 5.96 Å². The summed E-state index contributed by atoms with van der Waals surface area (Å²) in [6, 6.07) is 8.42. The molecule has 0 amide bonds. The number of nitrogens with one attached hydrogen (secondary N) is 3. The highest BCUT2D eigenvalue weighted by atomic mass is 127. The van der Waals surface area contributed by atoms with Crippen molar-refractivity contribution in [1.29, 1.82) is 0 Å². The number of thioether (sulfide) groups is 1. The van der Waals surface area contributed by atoms with Crippen molar-refractivity contribution in [3.05, 3.63) is 47.6 Å². The van der Waals surface area contributed by atoms with Gasteiger partial charge in [-0.3, -0.25) is 4.99 Å². The fraction of sp³-hybridized carbons (Fsp3) is 0.368. The number of para-hydroxylation sites is 1. The molecule has 0 aliphatic carbocycles. The Kier molecular flexibility index (Phi) is 10.00. The number of hydrogen-bond donors (Lipinski definition) is 3. The van der Waals surface area contributed by atoms with E-state index in [0.717, 1.165) is 48.5 Å². The topological polar surface area (TPSA) is 65.1 Å². The Bertz CT molecular complexity index is 816. The van der Waals surface area contributed by atoms with Crippen molar-refractivity contribution in [2.45, 2.75) is 24.1 Å². The molecule has 0 unspecified atom stereocenters. The summed E-state index contributed by atoms with van der Waals surface area (Å²) in [5.74, 6) is 1.94. The van der Waals surface area contributed by atoms with E-state index in [1.54, 1.807) is 23.1 Å². The van der Waals surface area contributed by atoms with Crippen LogP contribution in [0.15, 0.2) is 51.4 Å². The molecule has 0 fully saturated rings. The summed E-state index contributed by atoms with van der Waals surface area (Å²) in [4.78, 5) is 12.3. The zero-order valence-corrected chi connectivity index (χ0v) is 19.4. The molecule has 3 aromatic rings. The second kappa shape index (κ2) is 12.2. The Hall–Kier alpha value is -1.26. The van der Waals surface area contributed by atoms with E-state index in [-0.39, 0.29) is 24.0 Å². The number of H-pyrrole nitrogens is 1. The molecular weight excluding hydrogens is 489 g/mol. The minimum Gasteiger partial charge on any atom is -0.361 e. The monoisotopic (exact) mass is 515 g/mol. The third kappa shape index (κ3) is 7.00. The van der Waals surface area contributed by atoms with Gasteiger partial charge in [0.2, 0.25) is 0 Å². The zero-order chi connectivity index (χ0) is 18.0. The van der Waals surface area contributed by atoms with Crippen LogP contribution in [-0.2, 0) is 6.42 Å². The first kappa shape index (κ1) is 22.0. The van der Waals surface area contributed by atoms with Crippen molar-refractivity contribution in [2.24, 2.45) is 4.99 Å². The number of fused-ring (bicyclic) bond motifs is 1. The van der Waals surface area contributed by atoms with Crippen LogP contribution in [0.4, 0.5) is 0 Å². The van der Waals surface area contributed by atoms with Gasteiger partial charge >= 0.3 is 0 Å². The third-order valence-electron chi connectivity index (χ3n) is 3.91. The predicted octanol–water partition coefficient (Wildman–Crippen LogP) is 4.52. The Morgan fingerprint density at radius 1 is 1.30 bits per heavy atom. The van der Waals surface area contributed by atoms with E-state index in [1.165, 1.54) is 16.5 Å². The maximum absolute atomic E-state index is 4.67. The predicted molar refractivity (Wildman–Crippen MR) is 129 cm³/mol. The van der Waals surface area contributed by atoms with Gasteiger partial charge in [-0.25, -0.2) is 4.98 Å². The van der Waals surface area contributed by atoms with Gasteiger partial charge < -0.3 is 15.6 Å². The van der Waals surface area contributed by atoms with Crippen molar-refractivity contribution >= 4 is 63.9 Å². The van der Waals surface area contributed by atoms with Gasteiger partial charge in [-0.05, 0) is 31.4 Å². The van der Waals surface area contributed by atoms with Crippen LogP contribution in [0.1, 0.15) is 18.9 Å². The van der Waals surface area contributed by atoms with Crippen molar-refractivity contribution in [3.63, 3.8) is 0 Å². The number of aliphatic imine (C=N–C) groups is 1. The summed E-state index contributed by atoms with van der Waals surface area (Å²) in [6.07, 6.45) is 5.97. The average Bonchev–Trinajstić information content (AvgIpc) is 3.31. The first-order valence-electron chi connectivity index (χ1n) is 8.96. The number of guanidine groups is 1. The standard InChI is InChI=1S/C19H25N5S2.HI/c1-2-20-18(21-9-5-12-25-19-23-11-13-26-19)22-10-8-15-14-24-17-7-4-3-6-16(15)17;/h3-4,6-7,11,13-14,24H,2,5,8-10,12H2,1H3,(H2,20,21,22);1H. The number of aromatic amines is 1. The largest absolute Gasteiger partial charge is 0.361 e. The molecule has 0 saturated carbocycles. The van der Waals surface area contributed by atoms with Gasteiger partial charge in [0.1, 0.15) is 4.34 Å². The van der Waals surface area contributed by atoms with E-state index in [9.17, 15) is 0 Å².